The summed E-state index contributed by atoms with van der Waals surface area (Å²) in [5, 5.41) is 19.7. The van der Waals surface area contributed by atoms with E-state index in [0.29, 0.717) is 17.8 Å². The van der Waals surface area contributed by atoms with Gasteiger partial charge in [0, 0.05) is 31.0 Å². The Morgan fingerprint density at radius 1 is 1.56 bits per heavy atom. The second kappa shape index (κ2) is 4.73. The molecule has 0 bridgehead atoms. The van der Waals surface area contributed by atoms with Gasteiger partial charge >= 0.3 is 0 Å². The number of aliphatic hydroxyl groups excluding tert-OH is 1. The Morgan fingerprint density at radius 3 is 2.89 bits per heavy atom. The average Bonchev–Trinajstić information content (AvgIpc) is 2.64. The zero-order valence-corrected chi connectivity index (χ0v) is 10.00. The van der Waals surface area contributed by atoms with Crippen molar-refractivity contribution in [3.63, 3.8) is 0 Å². The lowest BCUT2D eigenvalue weighted by molar-refractivity contribution is -0.384. The lowest BCUT2D eigenvalue weighted by atomic mass is 10.1. The van der Waals surface area contributed by atoms with Crippen LogP contribution in [0.15, 0.2) is 18.2 Å². The SMILES string of the molecule is CC(CO)CN1C(=O)Cc2cc([N+](=O)[O-])ccc21. The minimum absolute atomic E-state index is 0.00129. The van der Waals surface area contributed by atoms with Crippen molar-refractivity contribution in [1.29, 1.82) is 0 Å². The minimum Gasteiger partial charge on any atom is -0.396 e. The Morgan fingerprint density at radius 2 is 2.28 bits per heavy atom. The molecule has 1 N–H and O–H groups in total. The van der Waals surface area contributed by atoms with Crippen LogP contribution in [0.2, 0.25) is 0 Å². The number of benzene rings is 1. The van der Waals surface area contributed by atoms with Gasteiger partial charge in [-0.2, -0.15) is 0 Å². The van der Waals surface area contributed by atoms with Gasteiger partial charge in [-0.3, -0.25) is 14.9 Å². The largest absolute Gasteiger partial charge is 0.396 e. The van der Waals surface area contributed by atoms with Crippen LogP contribution in [0.1, 0.15) is 12.5 Å². The van der Waals surface area contributed by atoms with Gasteiger partial charge in [-0.05, 0) is 17.5 Å². The molecule has 96 valence electrons. The maximum Gasteiger partial charge on any atom is 0.269 e. The number of amides is 1. The first-order valence-electron chi connectivity index (χ1n) is 5.71. The summed E-state index contributed by atoms with van der Waals surface area (Å²) in [6.45, 7) is 2.28. The van der Waals surface area contributed by atoms with Gasteiger partial charge < -0.3 is 10.0 Å². The maximum atomic E-state index is 11.8. The average molecular weight is 250 g/mol. The Labute approximate surface area is 104 Å². The van der Waals surface area contributed by atoms with Gasteiger partial charge in [0.15, 0.2) is 0 Å². The van der Waals surface area contributed by atoms with Gasteiger partial charge in [-0.25, -0.2) is 0 Å². The molecule has 18 heavy (non-hydrogen) atoms. The molecule has 0 saturated carbocycles. The standard InChI is InChI=1S/C12H14N2O4/c1-8(7-15)6-13-11-3-2-10(14(17)18)4-9(11)5-12(13)16/h2-4,8,15H,5-7H2,1H3. The van der Waals surface area contributed by atoms with Crippen molar-refractivity contribution < 1.29 is 14.8 Å². The Bertz CT molecular complexity index is 501. The summed E-state index contributed by atoms with van der Waals surface area (Å²) in [6, 6.07) is 4.44. The topological polar surface area (TPSA) is 83.7 Å². The highest BCUT2D eigenvalue weighted by Crippen LogP contribution is 2.32. The molecule has 0 aromatic heterocycles. The number of carbonyl (C=O) groups is 1. The van der Waals surface area contributed by atoms with Crippen molar-refractivity contribution in [2.45, 2.75) is 13.3 Å². The third-order valence-corrected chi connectivity index (χ3v) is 3.01. The van der Waals surface area contributed by atoms with Crippen LogP contribution in [0.3, 0.4) is 0 Å². The van der Waals surface area contributed by atoms with Gasteiger partial charge in [0.1, 0.15) is 0 Å². The summed E-state index contributed by atoms with van der Waals surface area (Å²) in [7, 11) is 0. The first-order chi connectivity index (χ1) is 8.52. The molecule has 6 heteroatoms. The van der Waals surface area contributed by atoms with E-state index in [4.69, 9.17) is 5.11 Å². The van der Waals surface area contributed by atoms with Crippen molar-refractivity contribution in [2.75, 3.05) is 18.1 Å². The normalized spacial score (nSPS) is 15.7. The predicted molar refractivity (Wildman–Crippen MR) is 65.4 cm³/mol. The number of aliphatic hydroxyl groups is 1. The molecule has 6 nitrogen and oxygen atoms in total. The smallest absolute Gasteiger partial charge is 0.269 e. The summed E-state index contributed by atoms with van der Waals surface area (Å²) >= 11 is 0. The highest BCUT2D eigenvalue weighted by molar-refractivity contribution is 6.01. The van der Waals surface area contributed by atoms with Crippen LogP contribution >= 0.6 is 0 Å². The van der Waals surface area contributed by atoms with E-state index in [0.717, 1.165) is 0 Å². The number of nitro benzene ring substituents is 1. The molecule has 1 amide bonds. The zero-order chi connectivity index (χ0) is 13.3. The summed E-state index contributed by atoms with van der Waals surface area (Å²) in [6.07, 6.45) is 0.190. The molecule has 1 unspecified atom stereocenters. The fourth-order valence-electron chi connectivity index (χ4n) is 2.05. The number of fused-ring (bicyclic) bond motifs is 1. The molecule has 1 heterocycles. The summed E-state index contributed by atoms with van der Waals surface area (Å²) in [5.74, 6) is -0.0964. The summed E-state index contributed by atoms with van der Waals surface area (Å²) in [5.41, 5.74) is 1.39. The van der Waals surface area contributed by atoms with Crippen LogP contribution in [-0.2, 0) is 11.2 Å². The molecule has 0 radical (unpaired) electrons. The van der Waals surface area contributed by atoms with E-state index in [1.165, 1.54) is 12.1 Å². The number of hydrogen-bond acceptors (Lipinski definition) is 4. The van der Waals surface area contributed by atoms with Crippen molar-refractivity contribution in [2.24, 2.45) is 5.92 Å². The molecule has 1 aromatic carbocycles. The number of rotatable bonds is 4. The van der Waals surface area contributed by atoms with Gasteiger partial charge in [-0.15, -0.1) is 0 Å². The molecule has 0 saturated heterocycles. The molecular formula is C12H14N2O4. The van der Waals surface area contributed by atoms with E-state index < -0.39 is 4.92 Å². The number of nitrogens with zero attached hydrogens (tertiary/aromatic N) is 2. The van der Waals surface area contributed by atoms with Gasteiger partial charge in [0.2, 0.25) is 5.91 Å². The third-order valence-electron chi connectivity index (χ3n) is 3.01. The van der Waals surface area contributed by atoms with E-state index in [1.807, 2.05) is 6.92 Å². The predicted octanol–water partition coefficient (Wildman–Crippen LogP) is 1.11. The maximum absolute atomic E-state index is 11.8. The van der Waals surface area contributed by atoms with Gasteiger partial charge in [-0.1, -0.05) is 6.92 Å². The first-order valence-corrected chi connectivity index (χ1v) is 5.71. The molecule has 1 aromatic rings. The quantitative estimate of drug-likeness (QED) is 0.641. The number of hydrogen-bond donors (Lipinski definition) is 1. The molecule has 0 spiro atoms. The van der Waals surface area contributed by atoms with Crippen LogP contribution < -0.4 is 4.90 Å². The van der Waals surface area contributed by atoms with Crippen molar-refractivity contribution in [3.05, 3.63) is 33.9 Å². The van der Waals surface area contributed by atoms with Crippen LogP contribution in [0, 0.1) is 16.0 Å². The molecule has 0 fully saturated rings. The monoisotopic (exact) mass is 250 g/mol. The molecular weight excluding hydrogens is 236 g/mol. The van der Waals surface area contributed by atoms with Crippen LogP contribution in [0.4, 0.5) is 11.4 Å². The highest BCUT2D eigenvalue weighted by atomic mass is 16.6. The fraction of sp³-hybridized carbons (Fsp3) is 0.417. The molecule has 0 aliphatic carbocycles. The van der Waals surface area contributed by atoms with E-state index in [2.05, 4.69) is 0 Å². The van der Waals surface area contributed by atoms with Crippen molar-refractivity contribution in [3.8, 4) is 0 Å². The summed E-state index contributed by atoms with van der Waals surface area (Å²) < 4.78 is 0. The van der Waals surface area contributed by atoms with E-state index >= 15 is 0 Å². The van der Waals surface area contributed by atoms with Crippen molar-refractivity contribution >= 4 is 17.3 Å². The third kappa shape index (κ3) is 2.19. The van der Waals surface area contributed by atoms with Gasteiger partial charge in [0.25, 0.3) is 5.69 Å². The first kappa shape index (κ1) is 12.5. The van der Waals surface area contributed by atoms with Gasteiger partial charge in [0.05, 0.1) is 11.3 Å². The number of carbonyl (C=O) groups excluding carboxylic acids is 1. The zero-order valence-electron chi connectivity index (χ0n) is 10.00. The van der Waals surface area contributed by atoms with E-state index in [9.17, 15) is 14.9 Å². The highest BCUT2D eigenvalue weighted by Gasteiger charge is 2.29. The minimum atomic E-state index is -0.468. The lowest BCUT2D eigenvalue weighted by Crippen LogP contribution is -2.32. The second-order valence-corrected chi connectivity index (χ2v) is 4.54. The molecule has 1 aliphatic heterocycles. The molecule has 1 aliphatic rings. The van der Waals surface area contributed by atoms with E-state index in [1.54, 1.807) is 11.0 Å². The van der Waals surface area contributed by atoms with Crippen LogP contribution in [0.5, 0.6) is 0 Å². The fourth-order valence-corrected chi connectivity index (χ4v) is 2.05. The number of nitro groups is 1. The Kier molecular flexibility index (Phi) is 3.29. The Hall–Kier alpha value is -1.95. The molecule has 2 rings (SSSR count). The molecule has 1 atom stereocenters. The van der Waals surface area contributed by atoms with Crippen LogP contribution in [0.25, 0.3) is 0 Å². The number of anilines is 1. The van der Waals surface area contributed by atoms with Crippen molar-refractivity contribution in [1.82, 2.24) is 0 Å². The summed E-state index contributed by atoms with van der Waals surface area (Å²) in [4.78, 5) is 23.6. The van der Waals surface area contributed by atoms with E-state index in [-0.39, 0.29) is 30.5 Å². The Balaban J connectivity index is 2.29. The second-order valence-electron chi connectivity index (χ2n) is 4.54. The number of non-ortho nitro benzene ring substituents is 1. The lowest BCUT2D eigenvalue weighted by Gasteiger charge is -2.20. The van der Waals surface area contributed by atoms with Crippen LogP contribution in [-0.4, -0.2) is 29.1 Å².